The fourth-order valence-electron chi connectivity index (χ4n) is 2.92. The zero-order valence-electron chi connectivity index (χ0n) is 17.2. The average Bonchev–Trinajstić information content (AvgIpc) is 2.58. The number of ether oxygens (including phenoxy) is 1. The summed E-state index contributed by atoms with van der Waals surface area (Å²) in [6, 6.07) is 3.79. The van der Waals surface area contributed by atoms with Gasteiger partial charge in [-0.15, -0.1) is 0 Å². The third kappa shape index (κ3) is 6.61. The van der Waals surface area contributed by atoms with Crippen molar-refractivity contribution in [3.63, 3.8) is 0 Å². The van der Waals surface area contributed by atoms with E-state index in [9.17, 15) is 26.0 Å². The molecule has 1 heterocycles. The lowest BCUT2D eigenvalue weighted by molar-refractivity contribution is 0.00646. The summed E-state index contributed by atoms with van der Waals surface area (Å²) in [5.74, 6) is -0.835. The minimum Gasteiger partial charge on any atom is -0.456 e. The van der Waals surface area contributed by atoms with Gasteiger partial charge in [0.05, 0.1) is 16.7 Å². The van der Waals surface area contributed by atoms with Gasteiger partial charge in [0.15, 0.2) is 0 Å². The molecule has 0 aliphatic carbocycles. The molecule has 0 radical (unpaired) electrons. The van der Waals surface area contributed by atoms with E-state index in [0.717, 1.165) is 10.6 Å². The van der Waals surface area contributed by atoms with Crippen LogP contribution in [0.15, 0.2) is 23.1 Å². The Morgan fingerprint density at radius 1 is 1.23 bits per heavy atom. The summed E-state index contributed by atoms with van der Waals surface area (Å²) in [6.07, 6.45) is 0.545. The summed E-state index contributed by atoms with van der Waals surface area (Å²) >= 11 is 5.96. The first-order valence-corrected chi connectivity index (χ1v) is 12.9. The molecule has 2 rings (SSSR count). The molecule has 8 nitrogen and oxygen atoms in total. The number of nitrogens with zero attached hydrogens (tertiary/aromatic N) is 1. The van der Waals surface area contributed by atoms with E-state index >= 15 is 0 Å². The summed E-state index contributed by atoms with van der Waals surface area (Å²) in [6.45, 7) is 4.20. The lowest BCUT2D eigenvalue weighted by Crippen LogP contribution is -2.49. The standard InChI is InChI=1S/C18H26ClFN2O6S2/c1-17(2,3)28-16(23)14-11-13(19)5-6-15(14)30(26,27)22-9-7-18(20,8-10-22)12-21-29(4,24)25/h5-6,11,21H,7-10,12H2,1-4H3. The minimum absolute atomic E-state index is 0.166. The van der Waals surface area contributed by atoms with E-state index in [1.165, 1.54) is 18.2 Å². The topological polar surface area (TPSA) is 110 Å². The van der Waals surface area contributed by atoms with Crippen molar-refractivity contribution in [2.24, 2.45) is 0 Å². The number of hydrogen-bond donors (Lipinski definition) is 1. The Morgan fingerprint density at radius 3 is 2.30 bits per heavy atom. The molecule has 0 bridgehead atoms. The monoisotopic (exact) mass is 484 g/mol. The van der Waals surface area contributed by atoms with Gasteiger partial charge in [-0.2, -0.15) is 4.31 Å². The molecule has 12 heteroatoms. The average molecular weight is 485 g/mol. The van der Waals surface area contributed by atoms with E-state index < -0.39 is 43.8 Å². The highest BCUT2D eigenvalue weighted by Crippen LogP contribution is 2.32. The van der Waals surface area contributed by atoms with Gasteiger partial charge >= 0.3 is 5.97 Å². The van der Waals surface area contributed by atoms with Crippen LogP contribution in [0.2, 0.25) is 5.02 Å². The molecule has 1 fully saturated rings. The molecule has 1 aliphatic heterocycles. The molecule has 1 aromatic rings. The Bertz CT molecular complexity index is 1010. The molecule has 1 aromatic carbocycles. The van der Waals surface area contributed by atoms with Crippen LogP contribution in [-0.4, -0.2) is 64.3 Å². The van der Waals surface area contributed by atoms with Crippen LogP contribution in [0.4, 0.5) is 4.39 Å². The Morgan fingerprint density at radius 2 is 1.80 bits per heavy atom. The second-order valence-corrected chi connectivity index (χ2v) is 12.5. The maximum atomic E-state index is 14.9. The molecule has 0 unspecified atom stereocenters. The van der Waals surface area contributed by atoms with E-state index in [1.54, 1.807) is 20.8 Å². The van der Waals surface area contributed by atoms with Gasteiger partial charge in [-0.3, -0.25) is 0 Å². The molecule has 170 valence electrons. The Labute approximate surface area is 181 Å². The number of carbonyl (C=O) groups excluding carboxylic acids is 1. The fourth-order valence-corrected chi connectivity index (χ4v) is 5.22. The summed E-state index contributed by atoms with van der Waals surface area (Å²) in [4.78, 5) is 12.3. The highest BCUT2D eigenvalue weighted by Gasteiger charge is 2.40. The van der Waals surface area contributed by atoms with Crippen LogP contribution in [0.25, 0.3) is 0 Å². The van der Waals surface area contributed by atoms with Gasteiger partial charge in [0.2, 0.25) is 20.0 Å². The first-order valence-electron chi connectivity index (χ1n) is 9.19. The van der Waals surface area contributed by atoms with Gasteiger partial charge in [0.1, 0.15) is 11.3 Å². The van der Waals surface area contributed by atoms with Gasteiger partial charge in [0, 0.05) is 24.7 Å². The van der Waals surface area contributed by atoms with Crippen LogP contribution in [0.5, 0.6) is 0 Å². The molecule has 0 aromatic heterocycles. The highest BCUT2D eigenvalue weighted by atomic mass is 35.5. The largest absolute Gasteiger partial charge is 0.456 e. The van der Waals surface area contributed by atoms with Gasteiger partial charge in [-0.05, 0) is 51.8 Å². The summed E-state index contributed by atoms with van der Waals surface area (Å²) in [5.41, 5.74) is -2.90. The summed E-state index contributed by atoms with van der Waals surface area (Å²) < 4.78 is 72.1. The number of benzene rings is 1. The van der Waals surface area contributed by atoms with Crippen molar-refractivity contribution in [3.05, 3.63) is 28.8 Å². The molecule has 30 heavy (non-hydrogen) atoms. The summed E-state index contributed by atoms with van der Waals surface area (Å²) in [5, 5.41) is 0.170. The van der Waals surface area contributed by atoms with Crippen LogP contribution < -0.4 is 4.72 Å². The maximum absolute atomic E-state index is 14.9. The molecule has 1 N–H and O–H groups in total. The number of piperidine rings is 1. The lowest BCUT2D eigenvalue weighted by Gasteiger charge is -2.35. The molecule has 1 saturated heterocycles. The molecular formula is C18H26ClFN2O6S2. The van der Waals surface area contributed by atoms with E-state index in [-0.39, 0.29) is 41.4 Å². The number of rotatable bonds is 6. The van der Waals surface area contributed by atoms with E-state index in [0.29, 0.717) is 0 Å². The number of halogens is 2. The van der Waals surface area contributed by atoms with Gasteiger partial charge in [-0.1, -0.05) is 11.6 Å². The van der Waals surface area contributed by atoms with Crippen LogP contribution in [0.1, 0.15) is 44.0 Å². The van der Waals surface area contributed by atoms with Crippen molar-refractivity contribution >= 4 is 37.6 Å². The number of sulfonamides is 2. The predicted octanol–water partition coefficient (Wildman–Crippen LogP) is 2.34. The highest BCUT2D eigenvalue weighted by molar-refractivity contribution is 7.89. The van der Waals surface area contributed by atoms with E-state index in [1.807, 2.05) is 0 Å². The first-order chi connectivity index (χ1) is 13.5. The Balaban J connectivity index is 2.26. The van der Waals surface area contributed by atoms with Crippen LogP contribution in [0.3, 0.4) is 0 Å². The summed E-state index contributed by atoms with van der Waals surface area (Å²) in [7, 11) is -7.70. The van der Waals surface area contributed by atoms with Gasteiger partial charge < -0.3 is 4.74 Å². The molecule has 0 atom stereocenters. The molecule has 0 spiro atoms. The van der Waals surface area contributed by atoms with Crippen LogP contribution in [-0.2, 0) is 24.8 Å². The van der Waals surface area contributed by atoms with E-state index in [2.05, 4.69) is 4.72 Å². The third-order valence-electron chi connectivity index (χ3n) is 4.45. The number of alkyl halides is 1. The fraction of sp³-hybridized carbons (Fsp3) is 0.611. The van der Waals surface area contributed by atoms with Crippen molar-refractivity contribution in [3.8, 4) is 0 Å². The second kappa shape index (κ2) is 8.70. The smallest absolute Gasteiger partial charge is 0.340 e. The predicted molar refractivity (Wildman–Crippen MR) is 111 cm³/mol. The number of hydrogen-bond acceptors (Lipinski definition) is 6. The maximum Gasteiger partial charge on any atom is 0.340 e. The van der Waals surface area contributed by atoms with Crippen molar-refractivity contribution in [1.29, 1.82) is 0 Å². The van der Waals surface area contributed by atoms with Crippen molar-refractivity contribution < 1.29 is 30.8 Å². The molecule has 1 aliphatic rings. The zero-order valence-corrected chi connectivity index (χ0v) is 19.6. The van der Waals surface area contributed by atoms with Crippen molar-refractivity contribution in [2.75, 3.05) is 25.9 Å². The molecule has 0 amide bonds. The Kier molecular flexibility index (Phi) is 7.25. The zero-order chi connectivity index (χ0) is 23.0. The quantitative estimate of drug-likeness (QED) is 0.620. The SMILES string of the molecule is CC(C)(C)OC(=O)c1cc(Cl)ccc1S(=O)(=O)N1CCC(F)(CNS(C)(=O)=O)CC1. The molecule has 0 saturated carbocycles. The number of esters is 1. The van der Waals surface area contributed by atoms with Crippen molar-refractivity contribution in [2.45, 2.75) is 49.8 Å². The normalized spacial score (nSPS) is 18.2. The van der Waals surface area contributed by atoms with Crippen LogP contribution in [0, 0.1) is 0 Å². The van der Waals surface area contributed by atoms with Gasteiger partial charge in [0.25, 0.3) is 0 Å². The first kappa shape index (κ1) is 25.0. The minimum atomic E-state index is -4.14. The van der Waals surface area contributed by atoms with Gasteiger partial charge in [-0.25, -0.2) is 30.7 Å². The number of nitrogens with one attached hydrogen (secondary N) is 1. The van der Waals surface area contributed by atoms with E-state index in [4.69, 9.17) is 16.3 Å². The van der Waals surface area contributed by atoms with Crippen molar-refractivity contribution in [1.82, 2.24) is 9.03 Å². The van der Waals surface area contributed by atoms with Crippen LogP contribution >= 0.6 is 11.6 Å². The second-order valence-electron chi connectivity index (χ2n) is 8.29. The third-order valence-corrected chi connectivity index (χ3v) is 7.31. The Hall–Kier alpha value is -1.27. The number of carbonyl (C=O) groups is 1. The lowest BCUT2D eigenvalue weighted by atomic mass is 9.95. The molecular weight excluding hydrogens is 459 g/mol.